The average Bonchev–Trinajstić information content (AvgIpc) is 2.89. The zero-order valence-electron chi connectivity index (χ0n) is 23.7. The second-order valence-corrected chi connectivity index (χ2v) is 12.4. The number of carbonyl (C=O) groups is 3. The summed E-state index contributed by atoms with van der Waals surface area (Å²) in [5.74, 6) is -3.24. The van der Waals surface area contributed by atoms with Crippen LogP contribution in [0.25, 0.3) is 0 Å². The molecule has 10 nitrogen and oxygen atoms in total. The molecule has 1 aromatic carbocycles. The Balaban J connectivity index is 1.82. The van der Waals surface area contributed by atoms with Crippen LogP contribution >= 0.6 is 0 Å². The Morgan fingerprint density at radius 3 is 2.27 bits per heavy atom. The zero-order valence-corrected chi connectivity index (χ0v) is 23.7. The number of carbonyl (C=O) groups excluding carboxylic acids is 3. The number of ketones is 1. The fraction of sp³-hybridized carbons (Fsp3) is 0.633. The van der Waals surface area contributed by atoms with Crippen LogP contribution in [0.3, 0.4) is 0 Å². The highest BCUT2D eigenvalue weighted by Gasteiger charge is 2.77. The molecular weight excluding hydrogens is 520 g/mol. The van der Waals surface area contributed by atoms with Crippen LogP contribution in [0.4, 0.5) is 0 Å². The van der Waals surface area contributed by atoms with Gasteiger partial charge in [-0.3, -0.25) is 9.59 Å². The fourth-order valence-corrected chi connectivity index (χ4v) is 7.80. The largest absolute Gasteiger partial charge is 0.455 e. The van der Waals surface area contributed by atoms with Crippen molar-refractivity contribution in [2.45, 2.75) is 89.2 Å². The molecular formula is C30H38O10. The molecule has 1 aromatic rings. The molecule has 0 spiro atoms. The third-order valence-electron chi connectivity index (χ3n) is 10.3. The van der Waals surface area contributed by atoms with Crippen molar-refractivity contribution in [3.05, 3.63) is 47.0 Å². The number of ether oxygens (including phenoxy) is 4. The van der Waals surface area contributed by atoms with Crippen LogP contribution in [0.15, 0.2) is 41.5 Å². The maximum absolute atomic E-state index is 14.7. The number of aliphatic hydroxyl groups excluding tert-OH is 2. The molecule has 2 bridgehead atoms. The van der Waals surface area contributed by atoms with Gasteiger partial charge in [-0.1, -0.05) is 32.0 Å². The second kappa shape index (κ2) is 9.46. The van der Waals surface area contributed by atoms with Gasteiger partial charge in [0.25, 0.3) is 0 Å². The van der Waals surface area contributed by atoms with Gasteiger partial charge < -0.3 is 34.3 Å². The molecule has 1 saturated heterocycles. The molecule has 0 unspecified atom stereocenters. The zero-order chi connectivity index (χ0) is 29.4. The van der Waals surface area contributed by atoms with E-state index in [2.05, 4.69) is 0 Å². The smallest absolute Gasteiger partial charge is 0.338 e. The van der Waals surface area contributed by atoms with Gasteiger partial charge in [0.1, 0.15) is 17.3 Å². The molecule has 0 amide bonds. The van der Waals surface area contributed by atoms with Crippen molar-refractivity contribution < 1.29 is 48.7 Å². The van der Waals surface area contributed by atoms with Crippen LogP contribution in [0.5, 0.6) is 0 Å². The Hall–Kier alpha value is -2.63. The van der Waals surface area contributed by atoms with Gasteiger partial charge in [0.2, 0.25) is 0 Å². The van der Waals surface area contributed by atoms with Crippen molar-refractivity contribution in [3.8, 4) is 0 Å². The first-order chi connectivity index (χ1) is 18.7. The third-order valence-corrected chi connectivity index (χ3v) is 10.3. The molecule has 1 heterocycles. The van der Waals surface area contributed by atoms with Crippen LogP contribution in [-0.2, 0) is 28.5 Å². The van der Waals surface area contributed by atoms with E-state index in [-0.39, 0.29) is 30.6 Å². The number of methoxy groups -OCH3 is 1. The first-order valence-electron chi connectivity index (χ1n) is 13.6. The first kappa shape index (κ1) is 28.9. The standard InChI is InChI=1S/C30H38O10/c1-15-18(32)13-30(36)25(40-26(35)17-10-8-7-9-11-17)23-28(5,19(33)12-20-29(23,37-6)14-38-20)24(34)22(39-16(2)31)21(15)27(30,3)4/h7-11,18-20,22-23,25,32-33,36H,12-14H2,1-6H3/t18-,19-,20+,22+,23-,25-,28+,29-,30+/m0/s1. The van der Waals surface area contributed by atoms with E-state index in [1.54, 1.807) is 58.0 Å². The molecule has 0 aromatic heterocycles. The van der Waals surface area contributed by atoms with Gasteiger partial charge in [0, 0.05) is 38.2 Å². The van der Waals surface area contributed by atoms with Gasteiger partial charge in [-0.2, -0.15) is 0 Å². The Kier molecular flexibility index (Phi) is 6.83. The number of aliphatic hydroxyl groups is 3. The summed E-state index contributed by atoms with van der Waals surface area (Å²) in [6, 6.07) is 8.25. The first-order valence-corrected chi connectivity index (χ1v) is 13.6. The number of Topliss-reactive ketones (excluding diaryl/α,β-unsaturated/α-hetero) is 1. The summed E-state index contributed by atoms with van der Waals surface area (Å²) in [5.41, 5.74) is -5.44. The lowest BCUT2D eigenvalue weighted by molar-refractivity contribution is -0.350. The minimum atomic E-state index is -1.99. The predicted molar refractivity (Wildman–Crippen MR) is 140 cm³/mol. The SMILES string of the molecule is CO[C@@]12CO[C@@H]1C[C@H](O)[C@@]1(C)C(=O)[C@H](OC(C)=O)C3=C(C)[C@@H](O)C[C@@](O)([C@@H](OC(=O)c4ccccc4)[C@H]21)C3(C)C. The highest BCUT2D eigenvalue weighted by molar-refractivity contribution is 5.95. The van der Waals surface area contributed by atoms with E-state index in [0.717, 1.165) is 0 Å². The van der Waals surface area contributed by atoms with Gasteiger partial charge in [-0.25, -0.2) is 4.79 Å². The third kappa shape index (κ3) is 3.69. The van der Waals surface area contributed by atoms with Crippen molar-refractivity contribution in [2.24, 2.45) is 16.7 Å². The molecule has 218 valence electrons. The van der Waals surface area contributed by atoms with E-state index in [4.69, 9.17) is 18.9 Å². The van der Waals surface area contributed by atoms with Crippen LogP contribution in [0.2, 0.25) is 0 Å². The lowest BCUT2D eigenvalue weighted by Gasteiger charge is -2.67. The molecule has 2 saturated carbocycles. The van der Waals surface area contributed by atoms with E-state index in [9.17, 15) is 29.7 Å². The van der Waals surface area contributed by atoms with Crippen LogP contribution < -0.4 is 0 Å². The summed E-state index contributed by atoms with van der Waals surface area (Å²) in [6.45, 7) is 7.73. The number of esters is 2. The van der Waals surface area contributed by atoms with Gasteiger partial charge in [0.05, 0.1) is 35.9 Å². The molecule has 1 aliphatic heterocycles. The van der Waals surface area contributed by atoms with E-state index in [1.165, 1.54) is 14.0 Å². The van der Waals surface area contributed by atoms with Crippen molar-refractivity contribution in [1.82, 2.24) is 0 Å². The molecule has 9 atom stereocenters. The summed E-state index contributed by atoms with van der Waals surface area (Å²) in [6.07, 6.45) is -6.35. The van der Waals surface area contributed by atoms with Gasteiger partial charge in [0.15, 0.2) is 11.9 Å². The quantitative estimate of drug-likeness (QED) is 0.369. The molecule has 5 rings (SSSR count). The molecule has 3 aliphatic carbocycles. The van der Waals surface area contributed by atoms with Gasteiger partial charge in [-0.05, 0) is 37.1 Å². The second-order valence-electron chi connectivity index (χ2n) is 12.4. The van der Waals surface area contributed by atoms with Crippen molar-refractivity contribution in [2.75, 3.05) is 13.7 Å². The van der Waals surface area contributed by atoms with E-state index >= 15 is 0 Å². The molecule has 3 fully saturated rings. The number of rotatable bonds is 4. The van der Waals surface area contributed by atoms with Crippen LogP contribution in [0.1, 0.15) is 57.8 Å². The lowest BCUT2D eigenvalue weighted by Crippen LogP contribution is -2.81. The van der Waals surface area contributed by atoms with E-state index in [1.807, 2.05) is 0 Å². The fourth-order valence-electron chi connectivity index (χ4n) is 7.80. The lowest BCUT2D eigenvalue weighted by atomic mass is 9.44. The minimum absolute atomic E-state index is 0.0207. The average molecular weight is 559 g/mol. The number of benzene rings is 1. The summed E-state index contributed by atoms with van der Waals surface area (Å²) in [5, 5.41) is 35.7. The number of hydrogen-bond donors (Lipinski definition) is 3. The normalized spacial score (nSPS) is 42.0. The van der Waals surface area contributed by atoms with Crippen molar-refractivity contribution >= 4 is 17.7 Å². The number of hydrogen-bond acceptors (Lipinski definition) is 10. The highest BCUT2D eigenvalue weighted by atomic mass is 16.6. The van der Waals surface area contributed by atoms with Crippen molar-refractivity contribution in [1.29, 1.82) is 0 Å². The Labute approximate surface area is 233 Å². The van der Waals surface area contributed by atoms with Gasteiger partial charge >= 0.3 is 11.9 Å². The Morgan fingerprint density at radius 2 is 1.73 bits per heavy atom. The van der Waals surface area contributed by atoms with Gasteiger partial charge in [-0.15, -0.1) is 0 Å². The minimum Gasteiger partial charge on any atom is -0.455 e. The topological polar surface area (TPSA) is 149 Å². The molecule has 10 heteroatoms. The molecule has 3 N–H and O–H groups in total. The summed E-state index contributed by atoms with van der Waals surface area (Å²) >= 11 is 0. The maximum atomic E-state index is 14.7. The Bertz CT molecular complexity index is 1250. The predicted octanol–water partition coefficient (Wildman–Crippen LogP) is 1.74. The number of fused-ring (bicyclic) bond motifs is 5. The van der Waals surface area contributed by atoms with E-state index < -0.39 is 76.2 Å². The summed E-state index contributed by atoms with van der Waals surface area (Å²) < 4.78 is 23.7. The maximum Gasteiger partial charge on any atom is 0.338 e. The summed E-state index contributed by atoms with van der Waals surface area (Å²) in [7, 11) is 1.46. The monoisotopic (exact) mass is 558 g/mol. The van der Waals surface area contributed by atoms with Crippen molar-refractivity contribution in [3.63, 3.8) is 0 Å². The summed E-state index contributed by atoms with van der Waals surface area (Å²) in [4.78, 5) is 40.7. The Morgan fingerprint density at radius 1 is 1.07 bits per heavy atom. The molecule has 40 heavy (non-hydrogen) atoms. The van der Waals surface area contributed by atoms with E-state index in [0.29, 0.717) is 5.57 Å². The van der Waals surface area contributed by atoms with Crippen LogP contribution in [-0.4, -0.2) is 88.5 Å². The highest BCUT2D eigenvalue weighted by Crippen LogP contribution is 2.64. The molecule has 4 aliphatic rings. The molecule has 0 radical (unpaired) electrons. The van der Waals surface area contributed by atoms with Crippen LogP contribution in [0, 0.1) is 16.7 Å².